The van der Waals surface area contributed by atoms with Crippen LogP contribution in [0.25, 0.3) is 0 Å². The van der Waals surface area contributed by atoms with Gasteiger partial charge < -0.3 is 14.8 Å². The highest BCUT2D eigenvalue weighted by atomic mass is 32.2. The third-order valence-electron chi connectivity index (χ3n) is 3.71. The fourth-order valence-electron chi connectivity index (χ4n) is 2.38. The van der Waals surface area contributed by atoms with E-state index in [9.17, 15) is 9.59 Å². The number of anilines is 2. The summed E-state index contributed by atoms with van der Waals surface area (Å²) in [5.74, 6) is 1.73. The van der Waals surface area contributed by atoms with Crippen LogP contribution in [0.2, 0.25) is 0 Å². The van der Waals surface area contributed by atoms with Gasteiger partial charge in [-0.05, 0) is 23.4 Å². The Labute approximate surface area is 200 Å². The van der Waals surface area contributed by atoms with E-state index in [1.165, 1.54) is 34.4 Å². The molecule has 0 saturated heterocycles. The van der Waals surface area contributed by atoms with Crippen molar-refractivity contribution in [1.29, 1.82) is 0 Å². The molecule has 10 nitrogen and oxygen atoms in total. The minimum atomic E-state index is -0.236. The molecule has 0 spiro atoms. The number of rotatable bonds is 11. The Morgan fingerprint density at radius 2 is 1.53 bits per heavy atom. The van der Waals surface area contributed by atoms with Crippen LogP contribution in [-0.2, 0) is 16.0 Å². The average Bonchev–Trinajstić information content (AvgIpc) is 3.41. The predicted octanol–water partition coefficient (Wildman–Crippen LogP) is 3.43. The average molecular weight is 513 g/mol. The molecule has 0 fully saturated rings. The Balaban J connectivity index is 1.46. The second-order valence-electron chi connectivity index (χ2n) is 5.93. The van der Waals surface area contributed by atoms with Gasteiger partial charge >= 0.3 is 0 Å². The zero-order valence-corrected chi connectivity index (χ0v) is 20.7. The lowest BCUT2D eigenvalue weighted by molar-refractivity contribution is -0.115. The van der Waals surface area contributed by atoms with Crippen LogP contribution in [0.15, 0.2) is 26.9 Å². The molecule has 3 rings (SSSR count). The molecule has 3 aromatic rings. The summed E-state index contributed by atoms with van der Waals surface area (Å²) in [7, 11) is 3.09. The molecule has 0 bridgehead atoms. The van der Waals surface area contributed by atoms with Crippen molar-refractivity contribution in [3.63, 3.8) is 0 Å². The summed E-state index contributed by atoms with van der Waals surface area (Å²) in [6, 6.07) is 5.29. The molecule has 2 N–H and O–H groups in total. The van der Waals surface area contributed by atoms with Crippen molar-refractivity contribution in [1.82, 2.24) is 20.4 Å². The van der Waals surface area contributed by atoms with E-state index in [2.05, 4.69) is 31.0 Å². The van der Waals surface area contributed by atoms with Gasteiger partial charge in [0.05, 0.1) is 26.4 Å². The number of methoxy groups -OCH3 is 2. The molecule has 2 heterocycles. The van der Waals surface area contributed by atoms with Crippen LogP contribution in [0.5, 0.6) is 11.5 Å². The molecule has 0 unspecified atom stereocenters. The van der Waals surface area contributed by atoms with Crippen LogP contribution in [0.1, 0.15) is 12.5 Å². The molecule has 0 radical (unpaired) electrons. The Bertz CT molecular complexity index is 1070. The molecule has 170 valence electrons. The molecule has 2 aromatic heterocycles. The molecule has 0 atom stereocenters. The molecular formula is C18H20N6O4S4. The molecule has 0 saturated carbocycles. The van der Waals surface area contributed by atoms with Crippen LogP contribution in [0.3, 0.4) is 0 Å². The predicted molar refractivity (Wildman–Crippen MR) is 127 cm³/mol. The van der Waals surface area contributed by atoms with E-state index in [1.807, 2.05) is 6.92 Å². The van der Waals surface area contributed by atoms with Crippen molar-refractivity contribution in [2.45, 2.75) is 22.0 Å². The van der Waals surface area contributed by atoms with Gasteiger partial charge in [0, 0.05) is 0 Å². The molecule has 0 aliphatic rings. The van der Waals surface area contributed by atoms with Crippen molar-refractivity contribution in [2.24, 2.45) is 0 Å². The van der Waals surface area contributed by atoms with Gasteiger partial charge in [0.1, 0.15) is 0 Å². The zero-order valence-electron chi connectivity index (χ0n) is 17.4. The summed E-state index contributed by atoms with van der Waals surface area (Å²) >= 11 is 5.33. The third kappa shape index (κ3) is 7.05. The first-order valence-corrected chi connectivity index (χ1v) is 12.8. The largest absolute Gasteiger partial charge is 0.493 e. The van der Waals surface area contributed by atoms with Gasteiger partial charge in [-0.2, -0.15) is 0 Å². The van der Waals surface area contributed by atoms with Crippen LogP contribution in [-0.4, -0.2) is 57.9 Å². The lowest BCUT2D eigenvalue weighted by atomic mass is 10.1. The number of ether oxygens (including phenoxy) is 2. The number of nitrogens with one attached hydrogen (secondary N) is 2. The summed E-state index contributed by atoms with van der Waals surface area (Å²) in [5, 5.41) is 22.2. The maximum atomic E-state index is 12.3. The van der Waals surface area contributed by atoms with Crippen LogP contribution in [0.4, 0.5) is 10.3 Å². The zero-order chi connectivity index (χ0) is 22.9. The topological polar surface area (TPSA) is 128 Å². The summed E-state index contributed by atoms with van der Waals surface area (Å²) in [4.78, 5) is 24.4. The van der Waals surface area contributed by atoms with Crippen molar-refractivity contribution in [2.75, 3.05) is 36.4 Å². The van der Waals surface area contributed by atoms with E-state index in [1.54, 1.807) is 44.2 Å². The van der Waals surface area contributed by atoms with Crippen molar-refractivity contribution in [3.05, 3.63) is 23.8 Å². The summed E-state index contributed by atoms with van der Waals surface area (Å²) in [6.45, 7) is 2.02. The Kier molecular flexibility index (Phi) is 9.08. The van der Waals surface area contributed by atoms with Gasteiger partial charge in [-0.15, -0.1) is 20.4 Å². The number of nitrogens with zero attached hydrogens (tertiary/aromatic N) is 4. The summed E-state index contributed by atoms with van der Waals surface area (Å²) in [5.41, 5.74) is 0.771. The standard InChI is InChI=1S/C18H20N6O4S4/c1-4-29-17-23-22-16(31-17)20-14(26)9-30-18-24-21-15(32-18)19-13(25)8-10-5-6-11(27-2)12(7-10)28-3/h5-7H,4,8-9H2,1-3H3,(H,19,21,25)(H,20,22,26). The SMILES string of the molecule is CCSc1nnc(NC(=O)CSc2nnc(NC(=O)Cc3ccc(OC)c(OC)c3)s2)s1. The van der Waals surface area contributed by atoms with Crippen LogP contribution in [0, 0.1) is 0 Å². The van der Waals surface area contributed by atoms with E-state index >= 15 is 0 Å². The quantitative estimate of drug-likeness (QED) is 0.291. The number of carbonyl (C=O) groups excluding carboxylic acids is 2. The second kappa shape index (κ2) is 12.0. The van der Waals surface area contributed by atoms with Gasteiger partial charge in [-0.3, -0.25) is 14.9 Å². The summed E-state index contributed by atoms with van der Waals surface area (Å²) in [6.07, 6.45) is 0.144. The Morgan fingerprint density at radius 3 is 2.16 bits per heavy atom. The number of hydrogen-bond acceptors (Lipinski definition) is 12. The highest BCUT2D eigenvalue weighted by Crippen LogP contribution is 2.29. The normalized spacial score (nSPS) is 10.6. The molecule has 1 aromatic carbocycles. The number of carbonyl (C=O) groups is 2. The Morgan fingerprint density at radius 1 is 0.906 bits per heavy atom. The highest BCUT2D eigenvalue weighted by molar-refractivity contribution is 8.01. The lowest BCUT2D eigenvalue weighted by Gasteiger charge is -2.09. The fourth-order valence-corrected chi connectivity index (χ4v) is 5.62. The molecule has 0 aliphatic carbocycles. The Hall–Kier alpha value is -2.42. The van der Waals surface area contributed by atoms with Crippen molar-refractivity contribution >= 4 is 68.3 Å². The number of amides is 2. The second-order valence-corrected chi connectivity index (χ2v) is 10.6. The first-order chi connectivity index (χ1) is 15.5. The number of hydrogen-bond donors (Lipinski definition) is 2. The smallest absolute Gasteiger partial charge is 0.236 e. The molecular weight excluding hydrogens is 493 g/mol. The molecule has 14 heteroatoms. The fraction of sp³-hybridized carbons (Fsp3) is 0.333. The first-order valence-electron chi connectivity index (χ1n) is 9.24. The van der Waals surface area contributed by atoms with Gasteiger partial charge in [-0.25, -0.2) is 0 Å². The van der Waals surface area contributed by atoms with Gasteiger partial charge in [0.2, 0.25) is 22.1 Å². The maximum absolute atomic E-state index is 12.3. The molecule has 2 amide bonds. The third-order valence-corrected chi connectivity index (χ3v) is 7.54. The molecule has 0 aliphatic heterocycles. The number of thioether (sulfide) groups is 2. The van der Waals surface area contributed by atoms with E-state index < -0.39 is 0 Å². The number of benzene rings is 1. The van der Waals surface area contributed by atoms with E-state index in [-0.39, 0.29) is 24.0 Å². The lowest BCUT2D eigenvalue weighted by Crippen LogP contribution is -2.14. The maximum Gasteiger partial charge on any atom is 0.236 e. The number of aromatic nitrogens is 4. The monoisotopic (exact) mass is 512 g/mol. The van der Waals surface area contributed by atoms with Gasteiger partial charge in [0.25, 0.3) is 0 Å². The minimum absolute atomic E-state index is 0.143. The highest BCUT2D eigenvalue weighted by Gasteiger charge is 2.14. The van der Waals surface area contributed by atoms with E-state index in [4.69, 9.17) is 9.47 Å². The van der Waals surface area contributed by atoms with Crippen molar-refractivity contribution < 1.29 is 19.1 Å². The summed E-state index contributed by atoms with van der Waals surface area (Å²) < 4.78 is 11.8. The minimum Gasteiger partial charge on any atom is -0.493 e. The van der Waals surface area contributed by atoms with Crippen molar-refractivity contribution in [3.8, 4) is 11.5 Å². The van der Waals surface area contributed by atoms with Crippen LogP contribution < -0.4 is 20.1 Å². The van der Waals surface area contributed by atoms with Gasteiger partial charge in [-0.1, -0.05) is 59.2 Å². The molecule has 32 heavy (non-hydrogen) atoms. The van der Waals surface area contributed by atoms with E-state index in [0.29, 0.717) is 26.1 Å². The first kappa shape index (κ1) is 24.2. The van der Waals surface area contributed by atoms with E-state index in [0.717, 1.165) is 15.7 Å². The van der Waals surface area contributed by atoms with Gasteiger partial charge in [0.15, 0.2) is 20.2 Å². The van der Waals surface area contributed by atoms with Crippen LogP contribution >= 0.6 is 46.2 Å².